The molecule has 1 amide bonds. The maximum atomic E-state index is 13.1. The molecule has 2 atom stereocenters. The fraction of sp³-hybridized carbons (Fsp3) is 0.750. The third-order valence-corrected chi connectivity index (χ3v) is 5.95. The summed E-state index contributed by atoms with van der Waals surface area (Å²) in [6, 6.07) is 9.86. The second-order valence-electron chi connectivity index (χ2n) is 9.12. The van der Waals surface area contributed by atoms with Gasteiger partial charge in [-0.05, 0) is 63.5 Å². The van der Waals surface area contributed by atoms with Gasteiger partial charge in [-0.3, -0.25) is 4.79 Å². The second-order valence-corrected chi connectivity index (χ2v) is 9.12. The quantitative estimate of drug-likeness (QED) is 0.148. The average molecular weight is 583 g/mol. The van der Waals surface area contributed by atoms with E-state index in [9.17, 15) is 4.79 Å². The molecular formula is C28H53Cl2N3O5. The Hall–Kier alpha value is -0.970. The summed E-state index contributed by atoms with van der Waals surface area (Å²) in [5.74, 6) is -0.00351. The molecule has 0 aliphatic carbocycles. The lowest BCUT2D eigenvalue weighted by Gasteiger charge is -2.22. The first-order valence-corrected chi connectivity index (χ1v) is 13.6. The molecule has 0 saturated carbocycles. The van der Waals surface area contributed by atoms with Crippen molar-refractivity contribution in [3.8, 4) is 0 Å². The minimum Gasteiger partial charge on any atom is -0.385 e. The highest BCUT2D eigenvalue weighted by atomic mass is 35.5. The van der Waals surface area contributed by atoms with Gasteiger partial charge in [-0.1, -0.05) is 36.8 Å². The second kappa shape index (κ2) is 29.0. The minimum absolute atomic E-state index is 0. The summed E-state index contributed by atoms with van der Waals surface area (Å²) in [5, 5.41) is 6.52. The molecular weight excluding hydrogens is 529 g/mol. The van der Waals surface area contributed by atoms with Gasteiger partial charge in [0.2, 0.25) is 5.91 Å². The largest absolute Gasteiger partial charge is 0.385 e. The lowest BCUT2D eigenvalue weighted by atomic mass is 10.1. The summed E-state index contributed by atoms with van der Waals surface area (Å²) in [6.07, 6.45) is 8.54. The molecule has 10 heteroatoms. The highest BCUT2D eigenvalue weighted by Crippen LogP contribution is 2.06. The number of halogens is 2. The minimum atomic E-state index is -0.270. The van der Waals surface area contributed by atoms with Crippen molar-refractivity contribution >= 4 is 30.7 Å². The fourth-order valence-corrected chi connectivity index (χ4v) is 3.78. The number of hydrogen-bond donors (Lipinski definition) is 3. The maximum Gasteiger partial charge on any atom is 0.237 e. The Kier molecular flexibility index (Phi) is 29.9. The van der Waals surface area contributed by atoms with Crippen molar-refractivity contribution in [2.45, 2.75) is 76.5 Å². The number of carbonyl (C=O) groups is 1. The number of unbranched alkanes of at least 4 members (excludes halogenated alkanes) is 5. The molecule has 1 aromatic rings. The molecule has 0 aliphatic heterocycles. The third kappa shape index (κ3) is 21.9. The Morgan fingerprint density at radius 3 is 2.11 bits per heavy atom. The van der Waals surface area contributed by atoms with Gasteiger partial charge in [-0.15, -0.1) is 24.8 Å². The van der Waals surface area contributed by atoms with Crippen molar-refractivity contribution in [3.05, 3.63) is 35.9 Å². The molecule has 224 valence electrons. The van der Waals surface area contributed by atoms with E-state index >= 15 is 0 Å². The Morgan fingerprint density at radius 2 is 1.47 bits per heavy atom. The van der Waals surface area contributed by atoms with E-state index in [1.165, 1.54) is 0 Å². The normalized spacial score (nSPS) is 12.3. The first kappa shape index (κ1) is 39.2. The van der Waals surface area contributed by atoms with Gasteiger partial charge in [0.25, 0.3) is 0 Å². The molecule has 8 nitrogen and oxygen atoms in total. The summed E-state index contributed by atoms with van der Waals surface area (Å²) in [4.78, 5) is 13.1. The van der Waals surface area contributed by atoms with E-state index in [1.807, 2.05) is 18.2 Å². The van der Waals surface area contributed by atoms with E-state index in [0.29, 0.717) is 39.5 Å². The SMILES string of the molecule is COCCCCCOCC(CNC(=O)[C@H](CCCCN)NCc1ccccc1)OCCCCCOC.Cl.Cl. The molecule has 0 fully saturated rings. The van der Waals surface area contributed by atoms with Crippen LogP contribution in [0.3, 0.4) is 0 Å². The number of carbonyl (C=O) groups excluding carboxylic acids is 1. The molecule has 0 aliphatic rings. The van der Waals surface area contributed by atoms with Crippen LogP contribution in [0.2, 0.25) is 0 Å². The van der Waals surface area contributed by atoms with Crippen LogP contribution in [0.1, 0.15) is 63.4 Å². The number of hydrogen-bond acceptors (Lipinski definition) is 7. The number of benzene rings is 1. The third-order valence-electron chi connectivity index (χ3n) is 5.95. The number of nitrogens with two attached hydrogens (primary N) is 1. The smallest absolute Gasteiger partial charge is 0.237 e. The summed E-state index contributed by atoms with van der Waals surface area (Å²) in [7, 11) is 3.45. The van der Waals surface area contributed by atoms with E-state index in [-0.39, 0.29) is 42.9 Å². The molecule has 0 aromatic heterocycles. The molecule has 0 spiro atoms. The first-order valence-electron chi connectivity index (χ1n) is 13.6. The van der Waals surface area contributed by atoms with Crippen LogP contribution < -0.4 is 16.4 Å². The van der Waals surface area contributed by atoms with E-state index < -0.39 is 0 Å². The van der Waals surface area contributed by atoms with Gasteiger partial charge in [0, 0.05) is 53.7 Å². The van der Waals surface area contributed by atoms with E-state index in [1.54, 1.807) is 14.2 Å². The summed E-state index contributed by atoms with van der Waals surface area (Å²) in [6.45, 7) is 5.07. The van der Waals surface area contributed by atoms with Crippen LogP contribution in [0.15, 0.2) is 30.3 Å². The van der Waals surface area contributed by atoms with Gasteiger partial charge in [0.05, 0.1) is 18.8 Å². The first-order chi connectivity index (χ1) is 17.7. The molecule has 0 bridgehead atoms. The van der Waals surface area contributed by atoms with Crippen LogP contribution in [-0.4, -0.2) is 78.4 Å². The van der Waals surface area contributed by atoms with Crippen LogP contribution in [0.5, 0.6) is 0 Å². The molecule has 1 aromatic carbocycles. The summed E-state index contributed by atoms with van der Waals surface area (Å²) >= 11 is 0. The van der Waals surface area contributed by atoms with Crippen LogP contribution in [-0.2, 0) is 30.3 Å². The lowest BCUT2D eigenvalue weighted by Crippen LogP contribution is -2.47. The van der Waals surface area contributed by atoms with Crippen LogP contribution >= 0.6 is 24.8 Å². The highest BCUT2D eigenvalue weighted by Gasteiger charge is 2.19. The summed E-state index contributed by atoms with van der Waals surface area (Å²) < 4.78 is 22.2. The zero-order valence-electron chi connectivity index (χ0n) is 23.5. The van der Waals surface area contributed by atoms with Crippen LogP contribution in [0.4, 0.5) is 0 Å². The molecule has 0 saturated heterocycles. The predicted molar refractivity (Wildman–Crippen MR) is 159 cm³/mol. The van der Waals surface area contributed by atoms with E-state index in [4.69, 9.17) is 24.7 Å². The van der Waals surface area contributed by atoms with Crippen molar-refractivity contribution in [2.24, 2.45) is 5.73 Å². The number of nitrogens with one attached hydrogen (secondary N) is 2. The standard InChI is InChI=1S/C28H51N3O5.2ClH/c1-33-18-10-4-12-20-35-24-26(36-21-13-5-11-19-34-2)23-31-28(32)27(16-8-9-17-29)30-22-25-14-6-3-7-15-25;;/h3,6-7,14-15,26-27,30H,4-5,8-13,16-24,29H2,1-2H3,(H,31,32);2*1H/t26?,27-;;/m0../s1. The molecule has 0 heterocycles. The van der Waals surface area contributed by atoms with Gasteiger partial charge in [-0.25, -0.2) is 0 Å². The number of rotatable bonds is 25. The average Bonchev–Trinajstić information content (AvgIpc) is 2.90. The Bertz CT molecular complexity index is 632. The van der Waals surface area contributed by atoms with Gasteiger partial charge in [0.1, 0.15) is 0 Å². The Morgan fingerprint density at radius 1 is 0.842 bits per heavy atom. The molecule has 0 radical (unpaired) electrons. The predicted octanol–water partition coefficient (Wildman–Crippen LogP) is 4.27. The number of amides is 1. The van der Waals surface area contributed by atoms with E-state index in [0.717, 1.165) is 76.6 Å². The van der Waals surface area contributed by atoms with Gasteiger partial charge in [0.15, 0.2) is 0 Å². The van der Waals surface area contributed by atoms with Gasteiger partial charge < -0.3 is 35.3 Å². The Balaban J connectivity index is 0. The molecule has 1 unspecified atom stereocenters. The van der Waals surface area contributed by atoms with Crippen LogP contribution in [0.25, 0.3) is 0 Å². The topological polar surface area (TPSA) is 104 Å². The molecule has 1 rings (SSSR count). The fourth-order valence-electron chi connectivity index (χ4n) is 3.78. The van der Waals surface area contributed by atoms with Gasteiger partial charge in [-0.2, -0.15) is 0 Å². The van der Waals surface area contributed by atoms with E-state index in [2.05, 4.69) is 22.8 Å². The van der Waals surface area contributed by atoms with Crippen LogP contribution in [0, 0.1) is 0 Å². The molecule has 38 heavy (non-hydrogen) atoms. The zero-order valence-corrected chi connectivity index (χ0v) is 25.1. The van der Waals surface area contributed by atoms with Crippen molar-refractivity contribution in [2.75, 3.05) is 60.3 Å². The maximum absolute atomic E-state index is 13.1. The summed E-state index contributed by atoms with van der Waals surface area (Å²) in [5.41, 5.74) is 6.82. The number of methoxy groups -OCH3 is 2. The van der Waals surface area contributed by atoms with Crippen molar-refractivity contribution in [3.63, 3.8) is 0 Å². The molecule has 4 N–H and O–H groups in total. The monoisotopic (exact) mass is 581 g/mol. The lowest BCUT2D eigenvalue weighted by molar-refractivity contribution is -0.124. The number of ether oxygens (including phenoxy) is 4. The Labute approximate surface area is 243 Å². The van der Waals surface area contributed by atoms with Crippen molar-refractivity contribution < 1.29 is 23.7 Å². The van der Waals surface area contributed by atoms with Crippen molar-refractivity contribution in [1.29, 1.82) is 0 Å². The van der Waals surface area contributed by atoms with Gasteiger partial charge >= 0.3 is 0 Å². The highest BCUT2D eigenvalue weighted by molar-refractivity contribution is 5.85. The zero-order chi connectivity index (χ0) is 26.1. The van der Waals surface area contributed by atoms with Crippen molar-refractivity contribution in [1.82, 2.24) is 10.6 Å².